The number of aromatic nitrogens is 1. The van der Waals surface area contributed by atoms with E-state index in [1.165, 1.54) is 0 Å². The Morgan fingerprint density at radius 3 is 2.90 bits per heavy atom. The van der Waals surface area contributed by atoms with Gasteiger partial charge in [-0.3, -0.25) is 0 Å². The van der Waals surface area contributed by atoms with E-state index in [1.807, 2.05) is 24.3 Å². The lowest BCUT2D eigenvalue weighted by molar-refractivity contribution is 0.116. The summed E-state index contributed by atoms with van der Waals surface area (Å²) in [4.78, 5) is 4.43. The predicted molar refractivity (Wildman–Crippen MR) is 80.2 cm³/mol. The molecule has 2 aromatic rings. The van der Waals surface area contributed by atoms with E-state index in [0.29, 0.717) is 0 Å². The summed E-state index contributed by atoms with van der Waals surface area (Å²) in [5, 5.41) is 15.6. The third-order valence-electron chi connectivity index (χ3n) is 4.02. The van der Waals surface area contributed by atoms with E-state index in [1.54, 1.807) is 13.3 Å². The Morgan fingerprint density at radius 2 is 2.10 bits per heavy atom. The maximum Gasteiger partial charge on any atom is 0.134 e. The van der Waals surface area contributed by atoms with E-state index in [2.05, 4.69) is 10.3 Å². The lowest BCUT2D eigenvalue weighted by Crippen LogP contribution is -2.36. The van der Waals surface area contributed by atoms with Crippen molar-refractivity contribution in [2.24, 2.45) is 0 Å². The van der Waals surface area contributed by atoms with Crippen LogP contribution in [-0.2, 0) is 0 Å². The summed E-state index contributed by atoms with van der Waals surface area (Å²) in [7, 11) is 1.67. The molecule has 1 fully saturated rings. The topological polar surface area (TPSA) is 54.4 Å². The van der Waals surface area contributed by atoms with Gasteiger partial charge in [-0.2, -0.15) is 0 Å². The summed E-state index contributed by atoms with van der Waals surface area (Å²) in [6.07, 6.45) is 5.65. The van der Waals surface area contributed by atoms with Gasteiger partial charge in [0, 0.05) is 11.6 Å². The molecule has 0 spiro atoms. The molecular formula is C16H20N2O2. The highest BCUT2D eigenvalue weighted by molar-refractivity contribution is 5.92. The molecule has 0 amide bonds. The second-order valence-electron chi connectivity index (χ2n) is 5.35. The maximum absolute atomic E-state index is 10.1. The Balaban J connectivity index is 1.91. The average molecular weight is 272 g/mol. The molecule has 4 nitrogen and oxygen atoms in total. The number of fused-ring (bicyclic) bond motifs is 1. The summed E-state index contributed by atoms with van der Waals surface area (Å²) in [5.74, 6) is 1.68. The molecule has 2 atom stereocenters. The van der Waals surface area contributed by atoms with E-state index in [0.717, 1.165) is 48.0 Å². The van der Waals surface area contributed by atoms with Crippen molar-refractivity contribution in [1.82, 2.24) is 4.98 Å². The Labute approximate surface area is 118 Å². The minimum absolute atomic E-state index is 0.101. The smallest absolute Gasteiger partial charge is 0.134 e. The predicted octanol–water partition coefficient (Wildman–Crippen LogP) is 2.96. The molecule has 3 rings (SSSR count). The van der Waals surface area contributed by atoms with Crippen molar-refractivity contribution in [1.29, 1.82) is 0 Å². The molecule has 4 heteroatoms. The number of benzene rings is 1. The Morgan fingerprint density at radius 1 is 1.25 bits per heavy atom. The molecule has 2 N–H and O–H groups in total. The molecule has 1 aromatic heterocycles. The summed E-state index contributed by atoms with van der Waals surface area (Å²) >= 11 is 0. The standard InChI is InChI=1S/C16H20N2O2/c1-20-12-6-7-13-11(10-12)8-9-17-16(13)18-14-4-2-3-5-15(14)19/h6-10,14-15,19H,2-5H2,1H3,(H,17,18). The van der Waals surface area contributed by atoms with Crippen LogP contribution < -0.4 is 10.1 Å². The molecular weight excluding hydrogens is 252 g/mol. The highest BCUT2D eigenvalue weighted by atomic mass is 16.5. The van der Waals surface area contributed by atoms with Gasteiger partial charge in [-0.05, 0) is 42.5 Å². The first kappa shape index (κ1) is 13.2. The number of anilines is 1. The van der Waals surface area contributed by atoms with Gasteiger partial charge in [0.1, 0.15) is 11.6 Å². The normalized spacial score (nSPS) is 22.7. The minimum Gasteiger partial charge on any atom is -0.497 e. The van der Waals surface area contributed by atoms with Gasteiger partial charge >= 0.3 is 0 Å². The molecule has 0 saturated heterocycles. The second kappa shape index (κ2) is 5.67. The number of nitrogens with one attached hydrogen (secondary N) is 1. The number of methoxy groups -OCH3 is 1. The number of hydrogen-bond acceptors (Lipinski definition) is 4. The molecule has 1 aliphatic rings. The molecule has 1 aromatic carbocycles. The minimum atomic E-state index is -0.279. The van der Waals surface area contributed by atoms with Crippen molar-refractivity contribution in [2.45, 2.75) is 37.8 Å². The number of aliphatic hydroxyl groups excluding tert-OH is 1. The number of nitrogens with zero attached hydrogens (tertiary/aromatic N) is 1. The van der Waals surface area contributed by atoms with Crippen LogP contribution in [0.3, 0.4) is 0 Å². The zero-order chi connectivity index (χ0) is 13.9. The number of rotatable bonds is 3. The van der Waals surface area contributed by atoms with Gasteiger partial charge in [-0.15, -0.1) is 0 Å². The van der Waals surface area contributed by atoms with Gasteiger partial charge in [0.15, 0.2) is 0 Å². The third kappa shape index (κ3) is 2.56. The van der Waals surface area contributed by atoms with Crippen molar-refractivity contribution in [3.05, 3.63) is 30.5 Å². The molecule has 0 radical (unpaired) electrons. The summed E-state index contributed by atoms with van der Waals surface area (Å²) < 4.78 is 5.25. The van der Waals surface area contributed by atoms with E-state index < -0.39 is 0 Å². The van der Waals surface area contributed by atoms with Crippen LogP contribution in [0.1, 0.15) is 25.7 Å². The highest BCUT2D eigenvalue weighted by Crippen LogP contribution is 2.28. The van der Waals surface area contributed by atoms with E-state index in [4.69, 9.17) is 4.74 Å². The van der Waals surface area contributed by atoms with E-state index >= 15 is 0 Å². The van der Waals surface area contributed by atoms with Crippen LogP contribution in [0.2, 0.25) is 0 Å². The molecule has 0 bridgehead atoms. The van der Waals surface area contributed by atoms with Gasteiger partial charge in [-0.1, -0.05) is 12.8 Å². The molecule has 106 valence electrons. The number of ether oxygens (including phenoxy) is 1. The SMILES string of the molecule is COc1ccc2c(NC3CCCCC3O)nccc2c1. The first-order valence-corrected chi connectivity index (χ1v) is 7.15. The Kier molecular flexibility index (Phi) is 3.74. The lowest BCUT2D eigenvalue weighted by atomic mass is 9.92. The van der Waals surface area contributed by atoms with Crippen molar-refractivity contribution in [2.75, 3.05) is 12.4 Å². The zero-order valence-electron chi connectivity index (χ0n) is 11.7. The van der Waals surface area contributed by atoms with Crippen LogP contribution in [0.5, 0.6) is 5.75 Å². The van der Waals surface area contributed by atoms with Crippen LogP contribution in [0.4, 0.5) is 5.82 Å². The fourth-order valence-corrected chi connectivity index (χ4v) is 2.85. The van der Waals surface area contributed by atoms with Crippen LogP contribution in [0.15, 0.2) is 30.5 Å². The van der Waals surface area contributed by atoms with Crippen molar-refractivity contribution in [3.63, 3.8) is 0 Å². The largest absolute Gasteiger partial charge is 0.497 e. The van der Waals surface area contributed by atoms with E-state index in [-0.39, 0.29) is 12.1 Å². The van der Waals surface area contributed by atoms with Gasteiger partial charge in [0.05, 0.1) is 19.3 Å². The van der Waals surface area contributed by atoms with Gasteiger partial charge < -0.3 is 15.2 Å². The summed E-state index contributed by atoms with van der Waals surface area (Å²) in [5.41, 5.74) is 0. The average Bonchev–Trinajstić information content (AvgIpc) is 2.49. The lowest BCUT2D eigenvalue weighted by Gasteiger charge is -2.29. The molecule has 0 aliphatic heterocycles. The third-order valence-corrected chi connectivity index (χ3v) is 4.02. The molecule has 20 heavy (non-hydrogen) atoms. The van der Waals surface area contributed by atoms with Gasteiger partial charge in [0.2, 0.25) is 0 Å². The fraction of sp³-hybridized carbons (Fsp3) is 0.438. The Hall–Kier alpha value is -1.81. The van der Waals surface area contributed by atoms with Crippen LogP contribution in [0.25, 0.3) is 10.8 Å². The van der Waals surface area contributed by atoms with Crippen molar-refractivity contribution >= 4 is 16.6 Å². The van der Waals surface area contributed by atoms with Gasteiger partial charge in [0.25, 0.3) is 0 Å². The summed E-state index contributed by atoms with van der Waals surface area (Å²) in [6.45, 7) is 0. The number of pyridine rings is 1. The second-order valence-corrected chi connectivity index (χ2v) is 5.35. The molecule has 1 saturated carbocycles. The fourth-order valence-electron chi connectivity index (χ4n) is 2.85. The first-order chi connectivity index (χ1) is 9.78. The molecule has 1 heterocycles. The molecule has 2 unspecified atom stereocenters. The maximum atomic E-state index is 10.1. The Bertz CT molecular complexity index is 600. The number of aliphatic hydroxyl groups is 1. The quantitative estimate of drug-likeness (QED) is 0.902. The first-order valence-electron chi connectivity index (χ1n) is 7.15. The number of hydrogen-bond donors (Lipinski definition) is 2. The van der Waals surface area contributed by atoms with Crippen LogP contribution >= 0.6 is 0 Å². The van der Waals surface area contributed by atoms with Crippen molar-refractivity contribution in [3.8, 4) is 5.75 Å². The van der Waals surface area contributed by atoms with E-state index in [9.17, 15) is 5.11 Å². The monoisotopic (exact) mass is 272 g/mol. The summed E-state index contributed by atoms with van der Waals surface area (Å²) in [6, 6.07) is 8.02. The molecule has 1 aliphatic carbocycles. The van der Waals surface area contributed by atoms with Crippen LogP contribution in [0, 0.1) is 0 Å². The highest BCUT2D eigenvalue weighted by Gasteiger charge is 2.23. The van der Waals surface area contributed by atoms with Crippen LogP contribution in [-0.4, -0.2) is 29.3 Å². The van der Waals surface area contributed by atoms with Crippen molar-refractivity contribution < 1.29 is 9.84 Å². The van der Waals surface area contributed by atoms with Gasteiger partial charge in [-0.25, -0.2) is 4.98 Å². The zero-order valence-corrected chi connectivity index (χ0v) is 11.7.